The van der Waals surface area contributed by atoms with Gasteiger partial charge in [0.25, 0.3) is 5.60 Å². The van der Waals surface area contributed by atoms with Crippen molar-refractivity contribution in [2.24, 2.45) is 0 Å². The van der Waals surface area contributed by atoms with Crippen LogP contribution in [-0.4, -0.2) is 51.4 Å². The van der Waals surface area contributed by atoms with E-state index in [2.05, 4.69) is 14.8 Å². The van der Waals surface area contributed by atoms with Crippen molar-refractivity contribution in [2.75, 3.05) is 31.9 Å². The fraction of sp³-hybridized carbons (Fsp3) is 0.600. The van der Waals surface area contributed by atoms with Gasteiger partial charge in [-0.1, -0.05) is 18.2 Å². The zero-order valence-corrected chi connectivity index (χ0v) is 17.2. The van der Waals surface area contributed by atoms with Gasteiger partial charge in [0, 0.05) is 43.5 Å². The third-order valence-corrected chi connectivity index (χ3v) is 5.05. The molecule has 0 amide bonds. The lowest BCUT2D eigenvalue weighted by Gasteiger charge is -2.41. The fourth-order valence-corrected chi connectivity index (χ4v) is 3.59. The summed E-state index contributed by atoms with van der Waals surface area (Å²) in [4.78, 5) is 1.97. The summed E-state index contributed by atoms with van der Waals surface area (Å²) < 4.78 is 91.7. The number of ether oxygens (including phenoxy) is 2. The van der Waals surface area contributed by atoms with E-state index in [9.17, 15) is 26.3 Å². The van der Waals surface area contributed by atoms with Gasteiger partial charge in [-0.15, -0.1) is 0 Å². The smallest absolute Gasteiger partial charge is 0.366 e. The highest BCUT2D eigenvalue weighted by Crippen LogP contribution is 2.53. The summed E-state index contributed by atoms with van der Waals surface area (Å²) in [6.45, 7) is 5.57. The van der Waals surface area contributed by atoms with Gasteiger partial charge in [-0.25, -0.2) is 0 Å². The number of anilines is 1. The maximum Gasteiger partial charge on any atom is 0.430 e. The Morgan fingerprint density at radius 1 is 1.13 bits per heavy atom. The van der Waals surface area contributed by atoms with Crippen molar-refractivity contribution in [1.29, 1.82) is 0 Å². The number of benzene rings is 1. The van der Waals surface area contributed by atoms with Crippen molar-refractivity contribution in [3.05, 3.63) is 35.4 Å². The Hall–Kier alpha value is -1.78. The molecule has 170 valence electrons. The normalized spacial score (nSPS) is 21.5. The van der Waals surface area contributed by atoms with Gasteiger partial charge in [-0.2, -0.15) is 26.3 Å². The molecule has 0 aromatic heterocycles. The minimum Gasteiger partial charge on any atom is -0.366 e. The standard InChI is InChI=1S/C20H26F6N2O2/c1-5-6-15-9-16(7-8-17(15)28-11-13(2)27-10-14(28)3)18(19(21,22)23,20(24,25)26)30-12-29-4/h5-9,13-14,27H,10-12H2,1-4H3/t13-,14+/m0/s1. The van der Waals surface area contributed by atoms with Crippen LogP contribution in [0.5, 0.6) is 0 Å². The van der Waals surface area contributed by atoms with Crippen molar-refractivity contribution >= 4 is 11.8 Å². The largest absolute Gasteiger partial charge is 0.430 e. The molecule has 30 heavy (non-hydrogen) atoms. The molecule has 1 aromatic rings. The van der Waals surface area contributed by atoms with Crippen LogP contribution in [0.1, 0.15) is 31.9 Å². The predicted molar refractivity (Wildman–Crippen MR) is 102 cm³/mol. The SMILES string of the molecule is CC=Cc1cc(C(OCOC)(C(F)(F)F)C(F)(F)F)ccc1N1C[C@H](C)NC[C@H]1C. The van der Waals surface area contributed by atoms with Gasteiger partial charge in [0.15, 0.2) is 0 Å². The molecule has 1 aromatic carbocycles. The highest BCUT2D eigenvalue weighted by Gasteiger charge is 2.73. The molecule has 0 unspecified atom stereocenters. The van der Waals surface area contributed by atoms with Crippen LogP contribution in [0.4, 0.5) is 32.0 Å². The molecule has 0 aliphatic carbocycles. The number of nitrogens with zero attached hydrogens (tertiary/aromatic N) is 1. The van der Waals surface area contributed by atoms with Crippen LogP contribution in [0.25, 0.3) is 6.08 Å². The molecular formula is C20H26F6N2O2. The van der Waals surface area contributed by atoms with E-state index in [0.717, 1.165) is 19.2 Å². The van der Waals surface area contributed by atoms with E-state index in [-0.39, 0.29) is 17.6 Å². The molecule has 2 atom stereocenters. The molecule has 0 spiro atoms. The van der Waals surface area contributed by atoms with Crippen LogP contribution in [0.3, 0.4) is 0 Å². The summed E-state index contributed by atoms with van der Waals surface area (Å²) in [6, 6.07) is 3.15. The van der Waals surface area contributed by atoms with Crippen molar-refractivity contribution in [3.63, 3.8) is 0 Å². The first kappa shape index (κ1) is 24.5. The minimum absolute atomic E-state index is 0.00999. The molecule has 1 saturated heterocycles. The Morgan fingerprint density at radius 2 is 1.77 bits per heavy atom. The Balaban J connectivity index is 2.68. The number of halogens is 6. The van der Waals surface area contributed by atoms with E-state index in [1.807, 2.05) is 18.7 Å². The second-order valence-electron chi connectivity index (χ2n) is 7.31. The molecule has 0 bridgehead atoms. The van der Waals surface area contributed by atoms with Gasteiger partial charge < -0.3 is 19.7 Å². The molecule has 0 radical (unpaired) electrons. The van der Waals surface area contributed by atoms with Crippen molar-refractivity contribution in [2.45, 2.75) is 50.8 Å². The van der Waals surface area contributed by atoms with Gasteiger partial charge in [0.05, 0.1) is 0 Å². The first-order chi connectivity index (χ1) is 13.9. The summed E-state index contributed by atoms with van der Waals surface area (Å²) >= 11 is 0. The van der Waals surface area contributed by atoms with Gasteiger partial charge in [-0.05, 0) is 38.5 Å². The molecule has 10 heteroatoms. The lowest BCUT2D eigenvalue weighted by Crippen LogP contribution is -2.56. The number of rotatable bonds is 6. The molecule has 1 heterocycles. The zero-order chi connectivity index (χ0) is 22.7. The topological polar surface area (TPSA) is 33.7 Å². The van der Waals surface area contributed by atoms with E-state index in [0.29, 0.717) is 18.8 Å². The third-order valence-electron chi connectivity index (χ3n) is 5.05. The lowest BCUT2D eigenvalue weighted by molar-refractivity contribution is -0.400. The first-order valence-electron chi connectivity index (χ1n) is 9.42. The number of hydrogen-bond acceptors (Lipinski definition) is 4. The number of alkyl halides is 6. The summed E-state index contributed by atoms with van der Waals surface area (Å²) in [5, 5.41) is 3.29. The second-order valence-corrected chi connectivity index (χ2v) is 7.31. The number of hydrogen-bond donors (Lipinski definition) is 1. The van der Waals surface area contributed by atoms with E-state index >= 15 is 0 Å². The van der Waals surface area contributed by atoms with Gasteiger partial charge in [0.1, 0.15) is 6.79 Å². The molecule has 4 nitrogen and oxygen atoms in total. The molecule has 0 saturated carbocycles. The van der Waals surface area contributed by atoms with E-state index in [4.69, 9.17) is 0 Å². The summed E-state index contributed by atoms with van der Waals surface area (Å²) in [5.74, 6) is 0. The van der Waals surface area contributed by atoms with Crippen molar-refractivity contribution < 1.29 is 35.8 Å². The average Bonchev–Trinajstić information content (AvgIpc) is 2.63. The Bertz CT molecular complexity index is 734. The molecule has 1 aliphatic rings. The highest BCUT2D eigenvalue weighted by atomic mass is 19.4. The number of allylic oxidation sites excluding steroid dienone is 1. The average molecular weight is 440 g/mol. The van der Waals surface area contributed by atoms with Crippen molar-refractivity contribution in [3.8, 4) is 0 Å². The van der Waals surface area contributed by atoms with Crippen LogP contribution in [-0.2, 0) is 15.1 Å². The number of nitrogens with one attached hydrogen (secondary N) is 1. The first-order valence-corrected chi connectivity index (χ1v) is 9.42. The monoisotopic (exact) mass is 440 g/mol. The molecule has 1 fully saturated rings. The molecular weight excluding hydrogens is 414 g/mol. The highest BCUT2D eigenvalue weighted by molar-refractivity contribution is 5.69. The summed E-state index contributed by atoms with van der Waals surface area (Å²) in [7, 11) is 0.957. The Morgan fingerprint density at radius 3 is 2.30 bits per heavy atom. The summed E-state index contributed by atoms with van der Waals surface area (Å²) in [5.41, 5.74) is -4.75. The Labute approximate surface area is 171 Å². The molecule has 1 N–H and O–H groups in total. The van der Waals surface area contributed by atoms with Crippen LogP contribution in [0.15, 0.2) is 24.3 Å². The maximum absolute atomic E-state index is 13.8. The third kappa shape index (κ3) is 4.60. The number of methoxy groups -OCH3 is 1. The zero-order valence-electron chi connectivity index (χ0n) is 17.2. The lowest BCUT2D eigenvalue weighted by atomic mass is 9.89. The van der Waals surface area contributed by atoms with Crippen LogP contribution < -0.4 is 10.2 Å². The van der Waals surface area contributed by atoms with Crippen LogP contribution in [0, 0.1) is 0 Å². The fourth-order valence-electron chi connectivity index (χ4n) is 3.59. The number of piperazine rings is 1. The molecule has 1 aliphatic heterocycles. The molecule has 2 rings (SSSR count). The quantitative estimate of drug-likeness (QED) is 0.507. The van der Waals surface area contributed by atoms with E-state index in [1.165, 1.54) is 12.1 Å². The van der Waals surface area contributed by atoms with Gasteiger partial charge in [0.2, 0.25) is 0 Å². The van der Waals surface area contributed by atoms with E-state index < -0.39 is 30.3 Å². The van der Waals surface area contributed by atoms with Crippen LogP contribution in [0.2, 0.25) is 0 Å². The van der Waals surface area contributed by atoms with Crippen LogP contribution >= 0.6 is 0 Å². The predicted octanol–water partition coefficient (Wildman–Crippen LogP) is 4.85. The summed E-state index contributed by atoms with van der Waals surface area (Å²) in [6.07, 6.45) is -8.45. The maximum atomic E-state index is 13.8. The van der Waals surface area contributed by atoms with E-state index in [1.54, 1.807) is 13.0 Å². The Kier molecular flexibility index (Phi) is 7.47. The minimum atomic E-state index is -5.75. The van der Waals surface area contributed by atoms with Gasteiger partial charge >= 0.3 is 12.4 Å². The van der Waals surface area contributed by atoms with Gasteiger partial charge in [-0.3, -0.25) is 0 Å². The van der Waals surface area contributed by atoms with Crippen molar-refractivity contribution in [1.82, 2.24) is 5.32 Å². The second kappa shape index (κ2) is 9.15.